The van der Waals surface area contributed by atoms with E-state index in [0.717, 1.165) is 45.8 Å². The molecule has 5 rings (SSSR count). The molecule has 1 unspecified atom stereocenters. The molecule has 3 aromatic carbocycles. The van der Waals surface area contributed by atoms with E-state index in [1.807, 2.05) is 12.1 Å². The van der Waals surface area contributed by atoms with Crippen molar-refractivity contribution in [1.82, 2.24) is 4.90 Å². The number of hydrogen-bond donors (Lipinski definition) is 0. The molecule has 3 nitrogen and oxygen atoms in total. The summed E-state index contributed by atoms with van der Waals surface area (Å²) in [6.45, 7) is 1.85. The first-order chi connectivity index (χ1) is 14.7. The quantitative estimate of drug-likeness (QED) is 0.332. The van der Waals surface area contributed by atoms with Crippen LogP contribution in [0.1, 0.15) is 11.1 Å². The molecule has 158 valence electrons. The van der Waals surface area contributed by atoms with E-state index < -0.39 is 0 Å². The second-order valence-electron chi connectivity index (χ2n) is 7.27. The molecule has 1 atom stereocenters. The molecule has 2 heterocycles. The van der Waals surface area contributed by atoms with E-state index in [-0.39, 0.29) is 23.1 Å². The Morgan fingerprint density at radius 3 is 2.06 bits per heavy atom. The van der Waals surface area contributed by atoms with Gasteiger partial charge in [0.15, 0.2) is 0 Å². The Hall–Kier alpha value is -2.53. The van der Waals surface area contributed by atoms with Crippen molar-refractivity contribution in [2.24, 2.45) is 4.99 Å². The Kier molecular flexibility index (Phi) is 6.51. The zero-order valence-corrected chi connectivity index (χ0v) is 19.5. The van der Waals surface area contributed by atoms with Gasteiger partial charge in [-0.15, -0.1) is 12.4 Å². The second-order valence-corrected chi connectivity index (χ2v) is 9.74. The van der Waals surface area contributed by atoms with E-state index in [2.05, 4.69) is 100 Å². The van der Waals surface area contributed by atoms with Gasteiger partial charge in [-0.05, 0) is 46.6 Å². The van der Waals surface area contributed by atoms with E-state index in [4.69, 9.17) is 11.6 Å². The second kappa shape index (κ2) is 9.31. The lowest BCUT2D eigenvalue weighted by molar-refractivity contribution is 0.557. The molecule has 0 radical (unpaired) electrons. The Balaban J connectivity index is 0.00000231. The maximum absolute atomic E-state index is 6.84. The number of nitrogens with zero attached hydrogens (tertiary/aromatic N) is 3. The molecule has 3 aromatic rings. The molecule has 2 aliphatic rings. The summed E-state index contributed by atoms with van der Waals surface area (Å²) in [6.07, 6.45) is 2.11. The molecule has 0 aromatic heterocycles. The zero-order chi connectivity index (χ0) is 20.5. The first-order valence-electron chi connectivity index (χ1n) is 9.97. The van der Waals surface area contributed by atoms with Crippen LogP contribution in [-0.2, 0) is 0 Å². The van der Waals surface area contributed by atoms with Gasteiger partial charge in [0, 0.05) is 24.1 Å². The number of benzene rings is 3. The molecule has 31 heavy (non-hydrogen) atoms. The first-order valence-corrected chi connectivity index (χ1v) is 11.5. The fraction of sp³-hybridized carbons (Fsp3) is 0.120. The minimum atomic E-state index is -0.377. The number of rotatable bonds is 4. The normalized spacial score (nSPS) is 18.0. The highest BCUT2D eigenvalue weighted by molar-refractivity contribution is 8.19. The Labute approximate surface area is 197 Å². The summed E-state index contributed by atoms with van der Waals surface area (Å²) in [6, 6.07) is 29.6. The van der Waals surface area contributed by atoms with Crippen LogP contribution < -0.4 is 4.31 Å². The average Bonchev–Trinajstić information content (AvgIpc) is 3.38. The number of allylic oxidation sites excluding steroid dienone is 1. The lowest BCUT2D eigenvalue weighted by atomic mass is 10.1. The topological polar surface area (TPSA) is 18.8 Å². The van der Waals surface area contributed by atoms with Crippen LogP contribution in [0.15, 0.2) is 101 Å². The predicted molar refractivity (Wildman–Crippen MR) is 138 cm³/mol. The van der Waals surface area contributed by atoms with Crippen molar-refractivity contribution in [1.29, 1.82) is 0 Å². The van der Waals surface area contributed by atoms with E-state index in [0.29, 0.717) is 0 Å². The molecule has 6 heteroatoms. The lowest BCUT2D eigenvalue weighted by Crippen LogP contribution is -2.23. The fourth-order valence-electron chi connectivity index (χ4n) is 3.82. The molecule has 0 saturated carbocycles. The van der Waals surface area contributed by atoms with Gasteiger partial charge in [-0.2, -0.15) is 0 Å². The maximum atomic E-state index is 6.84. The van der Waals surface area contributed by atoms with Gasteiger partial charge in [-0.1, -0.05) is 72.3 Å². The summed E-state index contributed by atoms with van der Waals surface area (Å²) in [4.78, 5) is 8.04. The van der Waals surface area contributed by atoms with Crippen LogP contribution in [-0.4, -0.2) is 35.2 Å². The first kappa shape index (κ1) is 21.7. The van der Waals surface area contributed by atoms with Crippen molar-refractivity contribution in [3.8, 4) is 0 Å². The summed E-state index contributed by atoms with van der Waals surface area (Å²) < 4.78 is 3.20. The van der Waals surface area contributed by atoms with Crippen molar-refractivity contribution in [3.63, 3.8) is 0 Å². The molecule has 0 bridgehead atoms. The number of hydrogen-bond acceptors (Lipinski definition) is 3. The number of anilines is 1. The predicted octanol–water partition coefficient (Wildman–Crippen LogP) is 6.27. The molecule has 2 aliphatic heterocycles. The Bertz CT molecular complexity index is 1160. The van der Waals surface area contributed by atoms with Gasteiger partial charge in [0.05, 0.1) is 22.3 Å². The zero-order valence-electron chi connectivity index (χ0n) is 17.1. The SMILES string of the molecule is CN1CCN=C1c1ccc(C2=CC(Cl)=S(c3ccccc3)N2c2ccccc2)cc1.Cl. The summed E-state index contributed by atoms with van der Waals surface area (Å²) in [5, 5.41) is 0. The fourth-order valence-corrected chi connectivity index (χ4v) is 6.33. The van der Waals surface area contributed by atoms with Crippen LogP contribution in [0.4, 0.5) is 5.69 Å². The van der Waals surface area contributed by atoms with Gasteiger partial charge < -0.3 is 4.90 Å². The summed E-state index contributed by atoms with van der Waals surface area (Å²) >= 11 is 6.84. The highest BCUT2D eigenvalue weighted by atomic mass is 35.5. The van der Waals surface area contributed by atoms with E-state index in [1.165, 1.54) is 4.90 Å². The lowest BCUT2D eigenvalue weighted by Gasteiger charge is -2.27. The summed E-state index contributed by atoms with van der Waals surface area (Å²) in [7, 11) is 1.72. The van der Waals surface area contributed by atoms with Crippen molar-refractivity contribution >= 4 is 56.2 Å². The van der Waals surface area contributed by atoms with Crippen LogP contribution in [0.3, 0.4) is 0 Å². The molecule has 0 fully saturated rings. The Morgan fingerprint density at radius 2 is 1.45 bits per heavy atom. The van der Waals surface area contributed by atoms with Crippen LogP contribution in [0.2, 0.25) is 0 Å². The Morgan fingerprint density at radius 1 is 0.839 bits per heavy atom. The third-order valence-corrected chi connectivity index (χ3v) is 7.82. The van der Waals surface area contributed by atoms with Crippen LogP contribution in [0.5, 0.6) is 0 Å². The van der Waals surface area contributed by atoms with Crippen molar-refractivity contribution in [2.45, 2.75) is 4.90 Å². The van der Waals surface area contributed by atoms with Crippen LogP contribution >= 0.6 is 34.7 Å². The van der Waals surface area contributed by atoms with Gasteiger partial charge >= 0.3 is 0 Å². The van der Waals surface area contributed by atoms with Crippen LogP contribution in [0, 0.1) is 0 Å². The molecule has 0 spiro atoms. The van der Waals surface area contributed by atoms with E-state index >= 15 is 0 Å². The monoisotopic (exact) mass is 467 g/mol. The molecule has 0 amide bonds. The third-order valence-electron chi connectivity index (χ3n) is 5.29. The van der Waals surface area contributed by atoms with E-state index in [9.17, 15) is 0 Å². The highest BCUT2D eigenvalue weighted by Crippen LogP contribution is 2.47. The molecular weight excluding hydrogens is 445 g/mol. The standard InChI is InChI=1S/C25H22ClN3S.ClH/c1-28-17-16-27-25(28)20-14-12-19(13-15-20)23-18-24(26)30(22-10-6-3-7-11-22)29(23)21-8-4-2-5-9-21;/h2-15,18H,16-17H2,1H3;1H. The minimum Gasteiger partial charge on any atom is -0.358 e. The average molecular weight is 468 g/mol. The van der Waals surface area contributed by atoms with Crippen molar-refractivity contribution in [2.75, 3.05) is 24.4 Å². The van der Waals surface area contributed by atoms with Crippen LogP contribution in [0.25, 0.3) is 5.70 Å². The largest absolute Gasteiger partial charge is 0.358 e. The highest BCUT2D eigenvalue weighted by Gasteiger charge is 2.27. The molecule has 0 aliphatic carbocycles. The number of para-hydroxylation sites is 1. The smallest absolute Gasteiger partial charge is 0.130 e. The van der Waals surface area contributed by atoms with Gasteiger partial charge in [0.2, 0.25) is 0 Å². The number of amidine groups is 1. The molecule has 0 saturated heterocycles. The van der Waals surface area contributed by atoms with Crippen molar-refractivity contribution < 1.29 is 0 Å². The van der Waals surface area contributed by atoms with Gasteiger partial charge in [0.25, 0.3) is 0 Å². The minimum absolute atomic E-state index is 0. The van der Waals surface area contributed by atoms with Gasteiger partial charge in [0.1, 0.15) is 5.84 Å². The summed E-state index contributed by atoms with van der Waals surface area (Å²) in [5.41, 5.74) is 4.55. The van der Waals surface area contributed by atoms with Gasteiger partial charge in [-0.3, -0.25) is 9.30 Å². The number of halogens is 2. The van der Waals surface area contributed by atoms with Crippen molar-refractivity contribution in [3.05, 3.63) is 102 Å². The third kappa shape index (κ3) is 4.16. The molecular formula is C25H23Cl2N3S. The van der Waals surface area contributed by atoms with E-state index in [1.54, 1.807) is 0 Å². The number of aliphatic imine (C=N–C) groups is 1. The number of likely N-dealkylation sites (N-methyl/N-ethyl adjacent to an activating group) is 1. The van der Waals surface area contributed by atoms with Gasteiger partial charge in [-0.25, -0.2) is 0 Å². The molecule has 0 N–H and O–H groups in total. The maximum Gasteiger partial charge on any atom is 0.130 e. The summed E-state index contributed by atoms with van der Waals surface area (Å²) in [5.74, 6) is 1.07.